The fourth-order valence-corrected chi connectivity index (χ4v) is 4.68. The van der Waals surface area contributed by atoms with E-state index in [2.05, 4.69) is 21.2 Å². The van der Waals surface area contributed by atoms with E-state index in [1.807, 2.05) is 66.2 Å². The lowest BCUT2D eigenvalue weighted by Gasteiger charge is -2.16. The Morgan fingerprint density at radius 1 is 1.19 bits per heavy atom. The van der Waals surface area contributed by atoms with E-state index in [9.17, 15) is 9.59 Å². The van der Waals surface area contributed by atoms with Crippen LogP contribution >= 0.6 is 28.1 Å². The number of thiocarbonyl (C=S) groups is 1. The second-order valence-corrected chi connectivity index (χ2v) is 9.44. The summed E-state index contributed by atoms with van der Waals surface area (Å²) >= 11 is 9.14. The lowest BCUT2D eigenvalue weighted by molar-refractivity contribution is -0.121. The highest BCUT2D eigenvalue weighted by atomic mass is 79.9. The molecule has 1 aliphatic rings. The van der Waals surface area contributed by atoms with E-state index < -0.39 is 0 Å². The third-order valence-corrected chi connectivity index (χ3v) is 6.73. The van der Waals surface area contributed by atoms with Crippen molar-refractivity contribution in [3.8, 4) is 5.75 Å². The van der Waals surface area contributed by atoms with Crippen molar-refractivity contribution < 1.29 is 19.1 Å². The van der Waals surface area contributed by atoms with Crippen LogP contribution in [-0.4, -0.2) is 60.3 Å². The molecule has 0 aliphatic carbocycles. The average Bonchev–Trinajstić information content (AvgIpc) is 3.29. The molecular formula is C26H27BrN4O4S. The van der Waals surface area contributed by atoms with E-state index >= 15 is 0 Å². The van der Waals surface area contributed by atoms with Crippen molar-refractivity contribution in [3.05, 3.63) is 64.4 Å². The number of hydrogen-bond acceptors (Lipinski definition) is 5. The summed E-state index contributed by atoms with van der Waals surface area (Å²) < 4.78 is 13.3. The molecule has 0 saturated carbocycles. The van der Waals surface area contributed by atoms with Gasteiger partial charge >= 0.3 is 0 Å². The van der Waals surface area contributed by atoms with Crippen molar-refractivity contribution >= 4 is 67.7 Å². The molecule has 1 N–H and O–H groups in total. The number of amides is 2. The molecule has 0 spiro atoms. The largest absolute Gasteiger partial charge is 0.494 e. The molecule has 0 bridgehead atoms. The van der Waals surface area contributed by atoms with Gasteiger partial charge in [0.05, 0.1) is 18.9 Å². The minimum atomic E-state index is -0.222. The van der Waals surface area contributed by atoms with Gasteiger partial charge in [-0.2, -0.15) is 0 Å². The normalized spacial score (nSPS) is 14.8. The molecule has 0 atom stereocenters. The van der Waals surface area contributed by atoms with Crippen LogP contribution in [0.3, 0.4) is 0 Å². The zero-order chi connectivity index (χ0) is 25.8. The monoisotopic (exact) mass is 570 g/mol. The van der Waals surface area contributed by atoms with E-state index in [0.29, 0.717) is 36.3 Å². The van der Waals surface area contributed by atoms with Crippen LogP contribution in [-0.2, 0) is 20.9 Å². The molecule has 36 heavy (non-hydrogen) atoms. The lowest BCUT2D eigenvalue weighted by atomic mass is 10.1. The number of nitrogens with zero attached hydrogens (tertiary/aromatic N) is 3. The lowest BCUT2D eigenvalue weighted by Crippen LogP contribution is -2.31. The van der Waals surface area contributed by atoms with Crippen molar-refractivity contribution in [2.24, 2.45) is 0 Å². The van der Waals surface area contributed by atoms with Gasteiger partial charge < -0.3 is 24.3 Å². The number of hydrogen-bond donors (Lipinski definition) is 1. The van der Waals surface area contributed by atoms with E-state index in [4.69, 9.17) is 21.7 Å². The summed E-state index contributed by atoms with van der Waals surface area (Å²) in [5.74, 6) is 0.385. The summed E-state index contributed by atoms with van der Waals surface area (Å²) in [5, 5.41) is 4.14. The number of benzene rings is 2. The first kappa shape index (κ1) is 25.9. The third-order valence-electron chi connectivity index (χ3n) is 5.78. The first-order valence-electron chi connectivity index (χ1n) is 11.4. The van der Waals surface area contributed by atoms with Gasteiger partial charge in [-0.15, -0.1) is 0 Å². The quantitative estimate of drug-likeness (QED) is 0.236. The standard InChI is InChI=1S/C26H27BrN4O4S/c1-4-35-20-8-6-19(7-9-20)31-25(33)23(29(2)26(31)36)13-17-15-30(16-24(32)28-11-12-34-3)22-10-5-18(27)14-21(17)22/h5-10,13-15H,4,11-12,16H2,1-3H3,(H,28,32)/b23-13-. The number of anilines is 1. The van der Waals surface area contributed by atoms with Crippen molar-refractivity contribution in [1.29, 1.82) is 0 Å². The van der Waals surface area contributed by atoms with Gasteiger partial charge in [-0.3, -0.25) is 14.5 Å². The van der Waals surface area contributed by atoms with Crippen molar-refractivity contribution in [2.75, 3.05) is 38.8 Å². The highest BCUT2D eigenvalue weighted by molar-refractivity contribution is 9.10. The molecule has 1 aromatic heterocycles. The van der Waals surface area contributed by atoms with Gasteiger partial charge in [-0.25, -0.2) is 0 Å². The highest BCUT2D eigenvalue weighted by Gasteiger charge is 2.37. The molecule has 1 aliphatic heterocycles. The molecule has 0 unspecified atom stereocenters. The Bertz CT molecular complexity index is 1340. The molecule has 8 nitrogen and oxygen atoms in total. The van der Waals surface area contributed by atoms with Crippen LogP contribution < -0.4 is 15.0 Å². The fraction of sp³-hybridized carbons (Fsp3) is 0.269. The van der Waals surface area contributed by atoms with Crippen LogP contribution in [0.2, 0.25) is 0 Å². The Morgan fingerprint density at radius 2 is 1.94 bits per heavy atom. The zero-order valence-electron chi connectivity index (χ0n) is 20.3. The molecule has 2 amide bonds. The molecule has 188 valence electrons. The van der Waals surface area contributed by atoms with Crippen molar-refractivity contribution in [1.82, 2.24) is 14.8 Å². The van der Waals surface area contributed by atoms with Crippen LogP contribution in [0.15, 0.2) is 58.8 Å². The topological polar surface area (TPSA) is 76.0 Å². The Morgan fingerprint density at radius 3 is 2.64 bits per heavy atom. The summed E-state index contributed by atoms with van der Waals surface area (Å²) in [6.07, 6.45) is 3.70. The number of fused-ring (bicyclic) bond motifs is 1. The Kier molecular flexibility index (Phi) is 8.07. The third kappa shape index (κ3) is 5.30. The second kappa shape index (κ2) is 11.2. The number of likely N-dealkylation sites (N-methyl/N-ethyl adjacent to an activating group) is 1. The van der Waals surface area contributed by atoms with Gasteiger partial charge in [0.25, 0.3) is 5.91 Å². The van der Waals surface area contributed by atoms with Crippen LogP contribution in [0.5, 0.6) is 5.75 Å². The highest BCUT2D eigenvalue weighted by Crippen LogP contribution is 2.32. The Hall–Kier alpha value is -3.21. The Balaban J connectivity index is 1.67. The molecule has 3 aromatic rings. The first-order chi connectivity index (χ1) is 17.3. The van der Waals surface area contributed by atoms with Crippen LogP contribution in [0.4, 0.5) is 5.69 Å². The smallest absolute Gasteiger partial charge is 0.281 e. The number of aromatic nitrogens is 1. The fourth-order valence-electron chi connectivity index (χ4n) is 4.04. The number of halogens is 1. The molecule has 2 heterocycles. The summed E-state index contributed by atoms with van der Waals surface area (Å²) in [5.41, 5.74) is 2.80. The van der Waals surface area contributed by atoms with Crippen LogP contribution in [0.1, 0.15) is 12.5 Å². The predicted octanol–water partition coefficient (Wildman–Crippen LogP) is 4.17. The number of carbonyl (C=O) groups is 2. The maximum Gasteiger partial charge on any atom is 0.281 e. The molecule has 4 rings (SSSR count). The van der Waals surface area contributed by atoms with E-state index in [1.54, 1.807) is 19.1 Å². The minimum Gasteiger partial charge on any atom is -0.494 e. The van der Waals surface area contributed by atoms with Gasteiger partial charge in [0.15, 0.2) is 5.11 Å². The van der Waals surface area contributed by atoms with E-state index in [1.165, 1.54) is 4.90 Å². The van der Waals surface area contributed by atoms with E-state index in [0.717, 1.165) is 26.7 Å². The van der Waals surface area contributed by atoms with Gasteiger partial charge in [0.2, 0.25) is 5.91 Å². The Labute approximate surface area is 223 Å². The molecule has 2 aromatic carbocycles. The number of methoxy groups -OCH3 is 1. The molecule has 10 heteroatoms. The minimum absolute atomic E-state index is 0.122. The van der Waals surface area contributed by atoms with Gasteiger partial charge in [-0.1, -0.05) is 15.9 Å². The van der Waals surface area contributed by atoms with Gasteiger partial charge in [0.1, 0.15) is 18.0 Å². The maximum atomic E-state index is 13.5. The predicted molar refractivity (Wildman–Crippen MR) is 148 cm³/mol. The zero-order valence-corrected chi connectivity index (χ0v) is 22.7. The van der Waals surface area contributed by atoms with Crippen molar-refractivity contribution in [3.63, 3.8) is 0 Å². The summed E-state index contributed by atoms with van der Waals surface area (Å²) in [6.45, 7) is 3.51. The van der Waals surface area contributed by atoms with E-state index in [-0.39, 0.29) is 18.4 Å². The SMILES string of the molecule is CCOc1ccc(N2C(=O)/C(=C/c3cn(CC(=O)NCCOC)c4ccc(Br)cc34)N(C)C2=S)cc1. The number of carbonyl (C=O) groups excluding carboxylic acids is 2. The van der Waals surface area contributed by atoms with Crippen LogP contribution in [0, 0.1) is 0 Å². The van der Waals surface area contributed by atoms with Gasteiger partial charge in [0, 0.05) is 47.8 Å². The maximum absolute atomic E-state index is 13.5. The number of ether oxygens (including phenoxy) is 2. The number of nitrogens with one attached hydrogen (secondary N) is 1. The number of rotatable bonds is 9. The molecule has 1 fully saturated rings. The molecule has 0 radical (unpaired) electrons. The summed E-state index contributed by atoms with van der Waals surface area (Å²) in [4.78, 5) is 29.1. The van der Waals surface area contributed by atoms with Crippen molar-refractivity contribution in [2.45, 2.75) is 13.5 Å². The summed E-state index contributed by atoms with van der Waals surface area (Å²) in [6, 6.07) is 13.1. The van der Waals surface area contributed by atoms with Gasteiger partial charge in [-0.05, 0) is 67.7 Å². The molecule has 1 saturated heterocycles. The summed E-state index contributed by atoms with van der Waals surface area (Å²) in [7, 11) is 3.37. The van der Waals surface area contributed by atoms with Crippen LogP contribution in [0.25, 0.3) is 17.0 Å². The average molecular weight is 571 g/mol. The molecular weight excluding hydrogens is 544 g/mol. The second-order valence-electron chi connectivity index (χ2n) is 8.16. The first-order valence-corrected chi connectivity index (χ1v) is 12.6.